The minimum atomic E-state index is -4.08. The Bertz CT molecular complexity index is 268. The van der Waals surface area contributed by atoms with Crippen molar-refractivity contribution in [2.75, 3.05) is 5.75 Å². The van der Waals surface area contributed by atoms with Gasteiger partial charge in [-0.05, 0) is 12.1 Å². The summed E-state index contributed by atoms with van der Waals surface area (Å²) in [4.78, 5) is 0.878. The van der Waals surface area contributed by atoms with Crippen LogP contribution in [0.1, 0.15) is 6.92 Å². The van der Waals surface area contributed by atoms with E-state index in [2.05, 4.69) is 0 Å². The van der Waals surface area contributed by atoms with E-state index in [4.69, 9.17) is 0 Å². The molecule has 1 unspecified atom stereocenters. The van der Waals surface area contributed by atoms with Gasteiger partial charge in [-0.1, -0.05) is 25.1 Å². The van der Waals surface area contributed by atoms with E-state index >= 15 is 0 Å². The SMILES string of the molecule is CC(CSc1ccccc1)C(F)(F)F. The molecule has 0 aliphatic heterocycles. The smallest absolute Gasteiger partial charge is 0.171 e. The molecule has 0 aromatic heterocycles. The van der Waals surface area contributed by atoms with Crippen LogP contribution in [0.5, 0.6) is 0 Å². The molecule has 0 heterocycles. The number of benzene rings is 1. The number of rotatable bonds is 3. The lowest BCUT2D eigenvalue weighted by Crippen LogP contribution is -2.21. The number of thioether (sulfide) groups is 1. The standard InChI is InChI=1S/C10H11F3S/c1-8(10(11,12)13)7-14-9-5-3-2-4-6-9/h2-6,8H,7H2,1H3. The third-order valence-electron chi connectivity index (χ3n) is 1.80. The molecule has 0 saturated heterocycles. The van der Waals surface area contributed by atoms with E-state index in [1.165, 1.54) is 18.7 Å². The summed E-state index contributed by atoms with van der Waals surface area (Å²) in [5, 5.41) is 0. The van der Waals surface area contributed by atoms with E-state index < -0.39 is 12.1 Å². The van der Waals surface area contributed by atoms with Gasteiger partial charge in [0.15, 0.2) is 0 Å². The molecule has 0 fully saturated rings. The van der Waals surface area contributed by atoms with Crippen molar-refractivity contribution in [1.82, 2.24) is 0 Å². The van der Waals surface area contributed by atoms with Gasteiger partial charge in [0.2, 0.25) is 0 Å². The summed E-state index contributed by atoms with van der Waals surface area (Å²) in [6.07, 6.45) is -4.08. The van der Waals surface area contributed by atoms with Crippen molar-refractivity contribution in [3.63, 3.8) is 0 Å². The summed E-state index contributed by atoms with van der Waals surface area (Å²) in [5.74, 6) is -1.18. The van der Waals surface area contributed by atoms with Crippen molar-refractivity contribution in [2.45, 2.75) is 18.0 Å². The van der Waals surface area contributed by atoms with E-state index in [0.29, 0.717) is 0 Å². The highest BCUT2D eigenvalue weighted by Gasteiger charge is 2.35. The molecule has 1 rings (SSSR count). The van der Waals surface area contributed by atoms with E-state index in [-0.39, 0.29) is 5.75 Å². The predicted octanol–water partition coefficient (Wildman–Crippen LogP) is 3.98. The van der Waals surface area contributed by atoms with Crippen LogP contribution < -0.4 is 0 Å². The van der Waals surface area contributed by atoms with Crippen LogP contribution in [0.4, 0.5) is 13.2 Å². The Morgan fingerprint density at radius 2 is 1.79 bits per heavy atom. The van der Waals surface area contributed by atoms with Gasteiger partial charge in [0.05, 0.1) is 5.92 Å². The normalized spacial score (nSPS) is 14.0. The molecule has 0 aliphatic rings. The fourth-order valence-corrected chi connectivity index (χ4v) is 1.81. The summed E-state index contributed by atoms with van der Waals surface area (Å²) in [6, 6.07) is 9.11. The van der Waals surface area contributed by atoms with E-state index in [0.717, 1.165) is 4.90 Å². The maximum absolute atomic E-state index is 12.1. The molecule has 0 aliphatic carbocycles. The highest BCUT2D eigenvalue weighted by Crippen LogP contribution is 2.30. The number of hydrogen-bond acceptors (Lipinski definition) is 1. The Balaban J connectivity index is 2.42. The first kappa shape index (κ1) is 11.4. The molecule has 4 heteroatoms. The Morgan fingerprint density at radius 3 is 2.29 bits per heavy atom. The second-order valence-corrected chi connectivity index (χ2v) is 4.16. The number of alkyl halides is 3. The molecular weight excluding hydrogens is 209 g/mol. The second kappa shape index (κ2) is 4.73. The average molecular weight is 220 g/mol. The van der Waals surface area contributed by atoms with Crippen LogP contribution in [0.25, 0.3) is 0 Å². The Kier molecular flexibility index (Phi) is 3.86. The van der Waals surface area contributed by atoms with Crippen molar-refractivity contribution in [3.8, 4) is 0 Å². The summed E-state index contributed by atoms with van der Waals surface area (Å²) in [5.41, 5.74) is 0. The first-order valence-electron chi connectivity index (χ1n) is 4.24. The van der Waals surface area contributed by atoms with Crippen molar-refractivity contribution in [1.29, 1.82) is 0 Å². The zero-order valence-corrected chi connectivity index (χ0v) is 8.53. The lowest BCUT2D eigenvalue weighted by atomic mass is 10.2. The molecule has 1 atom stereocenters. The molecule has 0 amide bonds. The predicted molar refractivity (Wildman–Crippen MR) is 52.4 cm³/mol. The van der Waals surface area contributed by atoms with Gasteiger partial charge in [-0.3, -0.25) is 0 Å². The van der Waals surface area contributed by atoms with Crippen LogP contribution in [-0.2, 0) is 0 Å². The first-order chi connectivity index (χ1) is 6.50. The summed E-state index contributed by atoms with van der Waals surface area (Å²) in [6.45, 7) is 1.20. The first-order valence-corrected chi connectivity index (χ1v) is 5.23. The van der Waals surface area contributed by atoms with Gasteiger partial charge in [-0.15, -0.1) is 11.8 Å². The summed E-state index contributed by atoms with van der Waals surface area (Å²) >= 11 is 1.24. The highest BCUT2D eigenvalue weighted by molar-refractivity contribution is 7.99. The molecule has 0 nitrogen and oxygen atoms in total. The Labute approximate surface area is 85.5 Å². The number of hydrogen-bond donors (Lipinski definition) is 0. The fraction of sp³-hybridized carbons (Fsp3) is 0.400. The Hall–Kier alpha value is -0.640. The van der Waals surface area contributed by atoms with Crippen LogP contribution in [0.3, 0.4) is 0 Å². The molecular formula is C10H11F3S. The molecule has 14 heavy (non-hydrogen) atoms. The van der Waals surface area contributed by atoms with Crippen LogP contribution >= 0.6 is 11.8 Å². The fourth-order valence-electron chi connectivity index (χ4n) is 0.832. The quantitative estimate of drug-likeness (QED) is 0.694. The van der Waals surface area contributed by atoms with Gasteiger partial charge < -0.3 is 0 Å². The molecule has 1 aromatic rings. The third kappa shape index (κ3) is 3.62. The minimum Gasteiger partial charge on any atom is -0.171 e. The van der Waals surface area contributed by atoms with Crippen molar-refractivity contribution >= 4 is 11.8 Å². The minimum absolute atomic E-state index is 0.0769. The summed E-state index contributed by atoms with van der Waals surface area (Å²) in [7, 11) is 0. The molecule has 0 saturated carbocycles. The van der Waals surface area contributed by atoms with Gasteiger partial charge in [0.25, 0.3) is 0 Å². The molecule has 1 aromatic carbocycles. The number of halogens is 3. The lowest BCUT2D eigenvalue weighted by Gasteiger charge is -2.14. The highest BCUT2D eigenvalue weighted by atomic mass is 32.2. The zero-order valence-electron chi connectivity index (χ0n) is 7.71. The zero-order chi connectivity index (χ0) is 10.6. The van der Waals surface area contributed by atoms with Crippen molar-refractivity contribution < 1.29 is 13.2 Å². The second-order valence-electron chi connectivity index (χ2n) is 3.07. The Morgan fingerprint density at radius 1 is 1.21 bits per heavy atom. The molecule has 0 spiro atoms. The maximum atomic E-state index is 12.1. The molecule has 0 radical (unpaired) electrons. The van der Waals surface area contributed by atoms with Gasteiger partial charge >= 0.3 is 6.18 Å². The van der Waals surface area contributed by atoms with E-state index in [1.807, 2.05) is 30.3 Å². The molecule has 0 bridgehead atoms. The van der Waals surface area contributed by atoms with Gasteiger partial charge in [-0.25, -0.2) is 0 Å². The largest absolute Gasteiger partial charge is 0.392 e. The van der Waals surface area contributed by atoms with Gasteiger partial charge in [0.1, 0.15) is 0 Å². The van der Waals surface area contributed by atoms with Crippen LogP contribution in [-0.4, -0.2) is 11.9 Å². The van der Waals surface area contributed by atoms with Crippen molar-refractivity contribution in [2.24, 2.45) is 5.92 Å². The van der Waals surface area contributed by atoms with Crippen LogP contribution in [0.2, 0.25) is 0 Å². The average Bonchev–Trinajstić information content (AvgIpc) is 2.14. The van der Waals surface area contributed by atoms with Gasteiger partial charge in [-0.2, -0.15) is 13.2 Å². The topological polar surface area (TPSA) is 0 Å². The van der Waals surface area contributed by atoms with Crippen LogP contribution in [0.15, 0.2) is 35.2 Å². The van der Waals surface area contributed by atoms with Gasteiger partial charge in [0, 0.05) is 10.6 Å². The third-order valence-corrected chi connectivity index (χ3v) is 3.07. The van der Waals surface area contributed by atoms with Crippen LogP contribution in [0, 0.1) is 5.92 Å². The summed E-state index contributed by atoms with van der Waals surface area (Å²) < 4.78 is 36.4. The molecule has 0 N–H and O–H groups in total. The van der Waals surface area contributed by atoms with Crippen molar-refractivity contribution in [3.05, 3.63) is 30.3 Å². The lowest BCUT2D eigenvalue weighted by molar-refractivity contribution is -0.162. The van der Waals surface area contributed by atoms with E-state index in [9.17, 15) is 13.2 Å². The molecule has 78 valence electrons. The van der Waals surface area contributed by atoms with E-state index in [1.54, 1.807) is 0 Å². The maximum Gasteiger partial charge on any atom is 0.392 e. The monoisotopic (exact) mass is 220 g/mol.